The summed E-state index contributed by atoms with van der Waals surface area (Å²) in [5, 5.41) is 3.96. The number of thiazole rings is 1. The smallest absolute Gasteiger partial charge is 0.268 e. The number of aromatic nitrogens is 1. The van der Waals surface area contributed by atoms with E-state index in [0.717, 1.165) is 27.5 Å². The van der Waals surface area contributed by atoms with Crippen LogP contribution in [0.25, 0.3) is 11.3 Å². The normalized spacial score (nSPS) is 16.2. The highest BCUT2D eigenvalue weighted by Crippen LogP contribution is 2.38. The lowest BCUT2D eigenvalue weighted by atomic mass is 10.1. The van der Waals surface area contributed by atoms with Crippen molar-refractivity contribution in [3.8, 4) is 17.0 Å². The first-order valence-corrected chi connectivity index (χ1v) is 10.0. The third kappa shape index (κ3) is 3.55. The summed E-state index contributed by atoms with van der Waals surface area (Å²) in [7, 11) is 0. The predicted octanol–water partition coefficient (Wildman–Crippen LogP) is 5.74. The van der Waals surface area contributed by atoms with E-state index in [9.17, 15) is 4.79 Å². The summed E-state index contributed by atoms with van der Waals surface area (Å²) in [4.78, 5) is 19.1. The predicted molar refractivity (Wildman–Crippen MR) is 110 cm³/mol. The molecule has 1 aromatic heterocycles. The van der Waals surface area contributed by atoms with E-state index in [0.29, 0.717) is 22.3 Å². The van der Waals surface area contributed by atoms with Crippen LogP contribution >= 0.6 is 34.5 Å². The number of halogens is 2. The van der Waals surface area contributed by atoms with Crippen LogP contribution in [0.3, 0.4) is 0 Å². The fourth-order valence-corrected chi connectivity index (χ4v) is 3.99. The third-order valence-electron chi connectivity index (χ3n) is 4.41. The molecule has 7 heteroatoms. The van der Waals surface area contributed by atoms with E-state index >= 15 is 0 Å². The Morgan fingerprint density at radius 2 is 2.00 bits per heavy atom. The fraction of sp³-hybridized carbons (Fsp3) is 0.200. The van der Waals surface area contributed by atoms with Crippen LogP contribution in [0, 0.1) is 6.92 Å². The number of hydrogen-bond donors (Lipinski definition) is 0. The summed E-state index contributed by atoms with van der Waals surface area (Å²) in [5.74, 6) is 0.582. The largest absolute Gasteiger partial charge is 0.479 e. The van der Waals surface area contributed by atoms with Gasteiger partial charge in [0.1, 0.15) is 5.75 Å². The minimum atomic E-state index is -0.548. The molecule has 4 nitrogen and oxygen atoms in total. The lowest BCUT2D eigenvalue weighted by Gasteiger charge is -2.33. The van der Waals surface area contributed by atoms with Crippen molar-refractivity contribution in [3.63, 3.8) is 0 Å². The highest BCUT2D eigenvalue weighted by atomic mass is 35.5. The van der Waals surface area contributed by atoms with E-state index in [1.54, 1.807) is 35.3 Å². The van der Waals surface area contributed by atoms with Crippen molar-refractivity contribution in [2.75, 3.05) is 4.90 Å². The summed E-state index contributed by atoms with van der Waals surface area (Å²) in [5.41, 5.74) is 3.46. The van der Waals surface area contributed by atoms with Gasteiger partial charge in [-0.3, -0.25) is 4.79 Å². The number of anilines is 1. The molecule has 1 unspecified atom stereocenters. The first-order chi connectivity index (χ1) is 12.9. The summed E-state index contributed by atoms with van der Waals surface area (Å²) in [6, 6.07) is 11.2. The Balaban J connectivity index is 1.75. The van der Waals surface area contributed by atoms with Crippen LogP contribution < -0.4 is 9.64 Å². The van der Waals surface area contributed by atoms with Crippen molar-refractivity contribution in [2.45, 2.75) is 26.5 Å². The molecule has 0 saturated carbocycles. The Hall–Kier alpha value is -2.08. The third-order valence-corrected chi connectivity index (χ3v) is 5.92. The van der Waals surface area contributed by atoms with Gasteiger partial charge in [0, 0.05) is 10.9 Å². The SMILES string of the molecule is Cc1nc(-c2ccc3c(c2)N(Cc2ccc(Cl)c(Cl)c2)C(=O)C(C)O3)cs1. The van der Waals surface area contributed by atoms with Crippen LogP contribution in [0.5, 0.6) is 5.75 Å². The lowest BCUT2D eigenvalue weighted by molar-refractivity contribution is -0.125. The summed E-state index contributed by atoms with van der Waals surface area (Å²) < 4.78 is 5.79. The molecular weight excluding hydrogens is 403 g/mol. The number of carbonyl (C=O) groups excluding carboxylic acids is 1. The monoisotopic (exact) mass is 418 g/mol. The molecule has 1 atom stereocenters. The Morgan fingerprint density at radius 3 is 2.70 bits per heavy atom. The molecule has 0 saturated heterocycles. The summed E-state index contributed by atoms with van der Waals surface area (Å²) in [6.45, 7) is 4.11. The minimum absolute atomic E-state index is 0.0971. The summed E-state index contributed by atoms with van der Waals surface area (Å²) in [6.07, 6.45) is -0.548. The summed E-state index contributed by atoms with van der Waals surface area (Å²) >= 11 is 13.7. The highest BCUT2D eigenvalue weighted by Gasteiger charge is 2.32. The van der Waals surface area contributed by atoms with E-state index < -0.39 is 6.10 Å². The quantitative estimate of drug-likeness (QED) is 0.544. The number of rotatable bonds is 3. The average Bonchev–Trinajstić information content (AvgIpc) is 3.08. The van der Waals surface area contributed by atoms with Gasteiger partial charge in [0.2, 0.25) is 0 Å². The maximum absolute atomic E-state index is 12.8. The molecule has 0 bridgehead atoms. The molecule has 0 radical (unpaired) electrons. The molecule has 27 heavy (non-hydrogen) atoms. The first-order valence-electron chi connectivity index (χ1n) is 8.41. The van der Waals surface area contributed by atoms with E-state index in [1.165, 1.54) is 0 Å². The molecule has 1 amide bonds. The molecule has 0 spiro atoms. The molecule has 2 heterocycles. The number of amides is 1. The molecule has 0 aliphatic carbocycles. The van der Waals surface area contributed by atoms with Crippen LogP contribution in [-0.4, -0.2) is 17.0 Å². The van der Waals surface area contributed by atoms with Crippen LogP contribution in [-0.2, 0) is 11.3 Å². The number of benzene rings is 2. The number of hydrogen-bond acceptors (Lipinski definition) is 4. The van der Waals surface area contributed by atoms with E-state index in [2.05, 4.69) is 4.98 Å². The van der Waals surface area contributed by atoms with Crippen molar-refractivity contribution >= 4 is 46.1 Å². The van der Waals surface area contributed by atoms with Gasteiger partial charge in [-0.15, -0.1) is 11.3 Å². The topological polar surface area (TPSA) is 42.4 Å². The molecule has 3 aromatic rings. The van der Waals surface area contributed by atoms with Gasteiger partial charge >= 0.3 is 0 Å². The molecule has 1 aliphatic heterocycles. The maximum atomic E-state index is 12.8. The molecule has 2 aromatic carbocycles. The van der Waals surface area contributed by atoms with Gasteiger partial charge in [0.05, 0.1) is 33.0 Å². The van der Waals surface area contributed by atoms with Crippen molar-refractivity contribution in [2.24, 2.45) is 0 Å². The number of aryl methyl sites for hydroxylation is 1. The van der Waals surface area contributed by atoms with Gasteiger partial charge in [-0.2, -0.15) is 0 Å². The molecular formula is C20H16Cl2N2O2S. The molecule has 0 N–H and O–H groups in total. The second kappa shape index (κ2) is 7.15. The van der Waals surface area contributed by atoms with Gasteiger partial charge in [-0.05, 0) is 49.7 Å². The number of carbonyl (C=O) groups is 1. The molecule has 0 fully saturated rings. The van der Waals surface area contributed by atoms with Crippen LogP contribution in [0.1, 0.15) is 17.5 Å². The Bertz CT molecular complexity index is 1030. The van der Waals surface area contributed by atoms with Crippen molar-refractivity contribution in [1.29, 1.82) is 0 Å². The average molecular weight is 419 g/mol. The van der Waals surface area contributed by atoms with Gasteiger partial charge < -0.3 is 9.64 Å². The Labute approximate surface area is 171 Å². The van der Waals surface area contributed by atoms with Crippen LogP contribution in [0.15, 0.2) is 41.8 Å². The zero-order chi connectivity index (χ0) is 19.1. The number of nitrogens with zero attached hydrogens (tertiary/aromatic N) is 2. The zero-order valence-corrected chi connectivity index (χ0v) is 17.0. The van der Waals surface area contributed by atoms with E-state index in [-0.39, 0.29) is 5.91 Å². The van der Waals surface area contributed by atoms with E-state index in [4.69, 9.17) is 27.9 Å². The Morgan fingerprint density at radius 1 is 1.19 bits per heavy atom. The van der Waals surface area contributed by atoms with E-state index in [1.807, 2.05) is 36.6 Å². The van der Waals surface area contributed by atoms with Crippen molar-refractivity contribution < 1.29 is 9.53 Å². The fourth-order valence-electron chi connectivity index (χ4n) is 3.05. The number of fused-ring (bicyclic) bond motifs is 1. The van der Waals surface area contributed by atoms with Crippen molar-refractivity contribution in [1.82, 2.24) is 4.98 Å². The molecule has 4 rings (SSSR count). The number of ether oxygens (including phenoxy) is 1. The zero-order valence-electron chi connectivity index (χ0n) is 14.7. The van der Waals surface area contributed by atoms with Crippen LogP contribution in [0.4, 0.5) is 5.69 Å². The highest BCUT2D eigenvalue weighted by molar-refractivity contribution is 7.09. The van der Waals surface area contributed by atoms with Gasteiger partial charge in [-0.25, -0.2) is 4.98 Å². The standard InChI is InChI=1S/C20H16Cl2N2O2S/c1-11-20(25)24(9-13-3-5-15(21)16(22)7-13)18-8-14(4-6-19(18)26-11)17-10-27-12(2)23-17/h3-8,10-11H,9H2,1-2H3. The van der Waals surface area contributed by atoms with Gasteiger partial charge in [-0.1, -0.05) is 29.3 Å². The first kappa shape index (κ1) is 18.3. The molecule has 1 aliphatic rings. The lowest BCUT2D eigenvalue weighted by Crippen LogP contribution is -2.44. The molecule has 138 valence electrons. The maximum Gasteiger partial charge on any atom is 0.268 e. The van der Waals surface area contributed by atoms with Crippen molar-refractivity contribution in [3.05, 3.63) is 62.4 Å². The second-order valence-corrected chi connectivity index (χ2v) is 8.24. The minimum Gasteiger partial charge on any atom is -0.479 e. The second-order valence-electron chi connectivity index (χ2n) is 6.37. The Kier molecular flexibility index (Phi) is 4.84. The van der Waals surface area contributed by atoms with Crippen LogP contribution in [0.2, 0.25) is 10.0 Å². The van der Waals surface area contributed by atoms with Gasteiger partial charge in [0.25, 0.3) is 5.91 Å². The van der Waals surface area contributed by atoms with Gasteiger partial charge in [0.15, 0.2) is 6.10 Å².